The van der Waals surface area contributed by atoms with Crippen LogP contribution in [0, 0.1) is 0 Å². The van der Waals surface area contributed by atoms with Crippen LogP contribution in [0.25, 0.3) is 10.9 Å². The van der Waals surface area contributed by atoms with Crippen LogP contribution >= 0.6 is 0 Å². The van der Waals surface area contributed by atoms with Crippen LogP contribution in [0.15, 0.2) is 61.1 Å². The molecule has 0 aliphatic rings. The summed E-state index contributed by atoms with van der Waals surface area (Å²) in [7, 11) is -3.57. The number of carbonyl (C=O) groups excluding carboxylic acids is 1. The highest BCUT2D eigenvalue weighted by atomic mass is 32.2. The van der Waals surface area contributed by atoms with Crippen LogP contribution < -0.4 is 9.62 Å². The van der Waals surface area contributed by atoms with E-state index in [9.17, 15) is 13.2 Å². The zero-order chi connectivity index (χ0) is 19.3. The second-order valence-electron chi connectivity index (χ2n) is 6.08. The third kappa shape index (κ3) is 4.79. The highest BCUT2D eigenvalue weighted by Gasteiger charge is 2.21. The average molecular weight is 384 g/mol. The third-order valence-corrected chi connectivity index (χ3v) is 5.21. The zero-order valence-corrected chi connectivity index (χ0v) is 15.7. The van der Waals surface area contributed by atoms with E-state index in [-0.39, 0.29) is 18.9 Å². The first-order valence-corrected chi connectivity index (χ1v) is 10.3. The van der Waals surface area contributed by atoms with Crippen molar-refractivity contribution in [2.75, 3.05) is 17.1 Å². The molecule has 140 valence electrons. The second-order valence-corrected chi connectivity index (χ2v) is 7.98. The number of benzene rings is 1. The van der Waals surface area contributed by atoms with Gasteiger partial charge in [-0.15, -0.1) is 0 Å². The topological polar surface area (TPSA) is 92.3 Å². The average Bonchev–Trinajstić information content (AvgIpc) is 2.66. The summed E-state index contributed by atoms with van der Waals surface area (Å²) in [6.45, 7) is 0.384. The van der Waals surface area contributed by atoms with E-state index >= 15 is 0 Å². The van der Waals surface area contributed by atoms with Crippen molar-refractivity contribution >= 4 is 32.5 Å². The molecule has 0 saturated carbocycles. The monoisotopic (exact) mass is 384 g/mol. The Hall–Kier alpha value is -3.00. The second kappa shape index (κ2) is 8.13. The standard InChI is InChI=1S/C19H20N4O3S/c1-27(25,26)23(17-8-2-6-16-7-4-11-21-19(16)17)12-9-18(24)22-14-15-5-3-10-20-13-15/h2-8,10-11,13H,9,12,14H2,1H3,(H,22,24). The van der Waals surface area contributed by atoms with Gasteiger partial charge in [0.2, 0.25) is 15.9 Å². The minimum atomic E-state index is -3.57. The number of fused-ring (bicyclic) bond motifs is 1. The van der Waals surface area contributed by atoms with Crippen LogP contribution in [0.5, 0.6) is 0 Å². The smallest absolute Gasteiger partial charge is 0.232 e. The van der Waals surface area contributed by atoms with Crippen molar-refractivity contribution in [1.82, 2.24) is 15.3 Å². The first-order valence-electron chi connectivity index (χ1n) is 8.42. The van der Waals surface area contributed by atoms with Crippen LogP contribution in [-0.4, -0.2) is 37.1 Å². The molecule has 2 heterocycles. The summed E-state index contributed by atoms with van der Waals surface area (Å²) in [5.74, 6) is -0.235. The van der Waals surface area contributed by atoms with Gasteiger partial charge in [-0.25, -0.2) is 8.42 Å². The molecule has 0 bridgehead atoms. The van der Waals surface area contributed by atoms with Crippen LogP contribution in [0.2, 0.25) is 0 Å². The van der Waals surface area contributed by atoms with E-state index in [1.165, 1.54) is 4.31 Å². The maximum Gasteiger partial charge on any atom is 0.232 e. The largest absolute Gasteiger partial charge is 0.352 e. The Morgan fingerprint density at radius 2 is 1.89 bits per heavy atom. The highest BCUT2D eigenvalue weighted by molar-refractivity contribution is 7.92. The molecule has 8 heteroatoms. The van der Waals surface area contributed by atoms with Gasteiger partial charge in [-0.05, 0) is 23.8 Å². The van der Waals surface area contributed by atoms with E-state index < -0.39 is 10.0 Å². The summed E-state index contributed by atoms with van der Waals surface area (Å²) >= 11 is 0. The maximum atomic E-state index is 12.3. The Morgan fingerprint density at radius 1 is 1.11 bits per heavy atom. The van der Waals surface area contributed by atoms with Gasteiger partial charge in [-0.3, -0.25) is 19.1 Å². The quantitative estimate of drug-likeness (QED) is 0.673. The molecule has 3 aromatic rings. The summed E-state index contributed by atoms with van der Waals surface area (Å²) in [5.41, 5.74) is 1.93. The lowest BCUT2D eigenvalue weighted by Gasteiger charge is -2.23. The lowest BCUT2D eigenvalue weighted by atomic mass is 10.2. The summed E-state index contributed by atoms with van der Waals surface area (Å²) in [4.78, 5) is 20.5. The summed E-state index contributed by atoms with van der Waals surface area (Å²) in [5, 5.41) is 3.62. The fourth-order valence-electron chi connectivity index (χ4n) is 2.75. The lowest BCUT2D eigenvalue weighted by Crippen LogP contribution is -2.34. The minimum Gasteiger partial charge on any atom is -0.352 e. The summed E-state index contributed by atoms with van der Waals surface area (Å²) in [6.07, 6.45) is 6.12. The number of carbonyl (C=O) groups is 1. The van der Waals surface area contributed by atoms with Gasteiger partial charge in [-0.1, -0.05) is 24.3 Å². The minimum absolute atomic E-state index is 0.0351. The maximum absolute atomic E-state index is 12.3. The number of aromatic nitrogens is 2. The molecule has 0 unspecified atom stereocenters. The lowest BCUT2D eigenvalue weighted by molar-refractivity contribution is -0.121. The predicted octanol–water partition coefficient (Wildman–Crippen LogP) is 2.10. The molecule has 0 aliphatic carbocycles. The molecule has 1 amide bonds. The summed E-state index contributed by atoms with van der Waals surface area (Å²) < 4.78 is 25.9. The van der Waals surface area contributed by atoms with Gasteiger partial charge in [0.05, 0.1) is 17.5 Å². The Bertz CT molecular complexity index is 1030. The number of nitrogens with zero attached hydrogens (tertiary/aromatic N) is 3. The number of amides is 1. The molecule has 0 atom stereocenters. The van der Waals surface area contributed by atoms with Crippen LogP contribution in [-0.2, 0) is 21.4 Å². The van der Waals surface area contributed by atoms with Crippen molar-refractivity contribution in [2.45, 2.75) is 13.0 Å². The Labute approximate surface area is 158 Å². The predicted molar refractivity (Wildman–Crippen MR) is 105 cm³/mol. The molecule has 0 saturated heterocycles. The highest BCUT2D eigenvalue weighted by Crippen LogP contribution is 2.26. The molecule has 27 heavy (non-hydrogen) atoms. The molecule has 7 nitrogen and oxygen atoms in total. The Morgan fingerprint density at radius 3 is 2.63 bits per heavy atom. The molecule has 0 aliphatic heterocycles. The SMILES string of the molecule is CS(=O)(=O)N(CCC(=O)NCc1cccnc1)c1cccc2cccnc12. The van der Waals surface area contributed by atoms with E-state index in [0.717, 1.165) is 17.2 Å². The van der Waals surface area contributed by atoms with Crippen molar-refractivity contribution < 1.29 is 13.2 Å². The first kappa shape index (κ1) is 18.8. The van der Waals surface area contributed by atoms with Crippen molar-refractivity contribution in [3.8, 4) is 0 Å². The van der Waals surface area contributed by atoms with Gasteiger partial charge >= 0.3 is 0 Å². The zero-order valence-electron chi connectivity index (χ0n) is 14.9. The number of pyridine rings is 2. The van der Waals surface area contributed by atoms with E-state index in [0.29, 0.717) is 17.7 Å². The van der Waals surface area contributed by atoms with Gasteiger partial charge in [0, 0.05) is 43.5 Å². The van der Waals surface area contributed by atoms with Crippen LogP contribution in [0.3, 0.4) is 0 Å². The fourth-order valence-corrected chi connectivity index (χ4v) is 3.68. The Kier molecular flexibility index (Phi) is 5.66. The van der Waals surface area contributed by atoms with Crippen LogP contribution in [0.1, 0.15) is 12.0 Å². The van der Waals surface area contributed by atoms with Gasteiger partial charge in [0.25, 0.3) is 0 Å². The third-order valence-electron chi connectivity index (χ3n) is 4.03. The van der Waals surface area contributed by atoms with Gasteiger partial charge in [-0.2, -0.15) is 0 Å². The van der Waals surface area contributed by atoms with Gasteiger partial charge in [0.1, 0.15) is 0 Å². The fraction of sp³-hybridized carbons (Fsp3) is 0.211. The summed E-state index contributed by atoms with van der Waals surface area (Å²) in [6, 6.07) is 12.7. The molecule has 1 aromatic carbocycles. The Balaban J connectivity index is 1.73. The van der Waals surface area contributed by atoms with Gasteiger partial charge in [0.15, 0.2) is 0 Å². The first-order chi connectivity index (χ1) is 12.9. The van der Waals surface area contributed by atoms with E-state index in [4.69, 9.17) is 0 Å². The molecule has 0 radical (unpaired) electrons. The van der Waals surface area contributed by atoms with E-state index in [1.807, 2.05) is 18.2 Å². The van der Waals surface area contributed by atoms with E-state index in [2.05, 4.69) is 15.3 Å². The number of nitrogens with one attached hydrogen (secondary N) is 1. The number of hydrogen-bond acceptors (Lipinski definition) is 5. The van der Waals surface area contributed by atoms with Crippen molar-refractivity contribution in [3.05, 3.63) is 66.6 Å². The molecule has 0 fully saturated rings. The van der Waals surface area contributed by atoms with Crippen molar-refractivity contribution in [3.63, 3.8) is 0 Å². The molecular formula is C19H20N4O3S. The number of sulfonamides is 1. The number of rotatable bonds is 7. The van der Waals surface area contributed by atoms with Crippen molar-refractivity contribution in [2.24, 2.45) is 0 Å². The van der Waals surface area contributed by atoms with Crippen LogP contribution in [0.4, 0.5) is 5.69 Å². The number of para-hydroxylation sites is 1. The van der Waals surface area contributed by atoms with Crippen molar-refractivity contribution in [1.29, 1.82) is 0 Å². The molecule has 2 aromatic heterocycles. The van der Waals surface area contributed by atoms with Gasteiger partial charge < -0.3 is 5.32 Å². The number of anilines is 1. The molecule has 3 rings (SSSR count). The van der Waals surface area contributed by atoms with E-state index in [1.54, 1.807) is 42.9 Å². The molecular weight excluding hydrogens is 364 g/mol. The molecule has 0 spiro atoms. The molecule has 1 N–H and O–H groups in total. The normalized spacial score (nSPS) is 11.3. The number of hydrogen-bond donors (Lipinski definition) is 1.